The number of fused-ring (bicyclic) bond motifs is 1. The van der Waals surface area contributed by atoms with E-state index in [0.29, 0.717) is 21.3 Å². The first-order valence-electron chi connectivity index (χ1n) is 9.82. The number of hydrogen-bond acceptors (Lipinski definition) is 2. The molecule has 0 saturated heterocycles. The molecule has 0 aliphatic rings. The number of para-hydroxylation sites is 1. The summed E-state index contributed by atoms with van der Waals surface area (Å²) >= 11 is 13.2. The molecule has 1 heterocycles. The van der Waals surface area contributed by atoms with E-state index in [1.54, 1.807) is 24.3 Å². The van der Waals surface area contributed by atoms with Gasteiger partial charge in [-0.2, -0.15) is 13.2 Å². The van der Waals surface area contributed by atoms with E-state index >= 15 is 0 Å². The molecule has 33 heavy (non-hydrogen) atoms. The van der Waals surface area contributed by atoms with Gasteiger partial charge in [-0.15, -0.1) is 11.8 Å². The average Bonchev–Trinajstić information content (AvgIpc) is 3.12. The van der Waals surface area contributed by atoms with Gasteiger partial charge in [-0.1, -0.05) is 53.5 Å². The quantitative estimate of drug-likeness (QED) is 0.270. The van der Waals surface area contributed by atoms with E-state index < -0.39 is 11.7 Å². The number of nitrogens with zero attached hydrogens (tertiary/aromatic N) is 1. The van der Waals surface area contributed by atoms with Crippen molar-refractivity contribution in [2.24, 2.45) is 0 Å². The van der Waals surface area contributed by atoms with Gasteiger partial charge in [-0.25, -0.2) is 0 Å². The van der Waals surface area contributed by atoms with Crippen molar-refractivity contribution in [2.75, 3.05) is 11.1 Å². The van der Waals surface area contributed by atoms with Crippen LogP contribution in [-0.2, 0) is 17.5 Å². The predicted octanol–water partition coefficient (Wildman–Crippen LogP) is 7.75. The molecule has 4 rings (SSSR count). The van der Waals surface area contributed by atoms with Gasteiger partial charge < -0.3 is 9.88 Å². The van der Waals surface area contributed by atoms with E-state index in [1.807, 2.05) is 35.0 Å². The van der Waals surface area contributed by atoms with Gasteiger partial charge in [0.25, 0.3) is 0 Å². The standard InChI is InChI=1S/C24H17Cl2F3N2OS/c25-19-9-8-17(11-20(19)26)30-23(32)14-33-22-13-31(21-7-2-1-6-18(21)22)12-15-4-3-5-16(10-15)24(27,28)29/h1-11,13H,12,14H2,(H,30,32). The average molecular weight is 509 g/mol. The summed E-state index contributed by atoms with van der Waals surface area (Å²) in [7, 11) is 0. The van der Waals surface area contributed by atoms with Gasteiger partial charge in [0.1, 0.15) is 0 Å². The number of thioether (sulfide) groups is 1. The van der Waals surface area contributed by atoms with E-state index in [-0.39, 0.29) is 18.2 Å². The van der Waals surface area contributed by atoms with Crippen molar-refractivity contribution in [3.8, 4) is 0 Å². The number of amides is 1. The van der Waals surface area contributed by atoms with E-state index in [4.69, 9.17) is 23.2 Å². The number of nitrogens with one attached hydrogen (secondary N) is 1. The fourth-order valence-electron chi connectivity index (χ4n) is 3.42. The number of carbonyl (C=O) groups is 1. The van der Waals surface area contributed by atoms with Crippen LogP contribution in [-0.4, -0.2) is 16.2 Å². The number of aromatic nitrogens is 1. The number of benzene rings is 3. The van der Waals surface area contributed by atoms with Crippen LogP contribution in [0.25, 0.3) is 10.9 Å². The largest absolute Gasteiger partial charge is 0.416 e. The highest BCUT2D eigenvalue weighted by Gasteiger charge is 2.30. The van der Waals surface area contributed by atoms with Gasteiger partial charge >= 0.3 is 6.18 Å². The smallest absolute Gasteiger partial charge is 0.342 e. The number of anilines is 1. The molecule has 9 heteroatoms. The Labute approximate surface area is 202 Å². The summed E-state index contributed by atoms with van der Waals surface area (Å²) in [6.07, 6.45) is -2.53. The number of rotatable bonds is 6. The molecule has 0 aliphatic heterocycles. The molecule has 0 aliphatic carbocycles. The third-order valence-electron chi connectivity index (χ3n) is 4.92. The first-order chi connectivity index (χ1) is 15.7. The van der Waals surface area contributed by atoms with Crippen molar-refractivity contribution in [1.29, 1.82) is 0 Å². The molecule has 1 aromatic heterocycles. The van der Waals surface area contributed by atoms with E-state index in [1.165, 1.54) is 17.8 Å². The van der Waals surface area contributed by atoms with Gasteiger partial charge in [0.2, 0.25) is 5.91 Å². The summed E-state index contributed by atoms with van der Waals surface area (Å²) in [4.78, 5) is 13.3. The lowest BCUT2D eigenvalue weighted by molar-refractivity contribution is -0.137. The monoisotopic (exact) mass is 508 g/mol. The van der Waals surface area contributed by atoms with Crippen molar-refractivity contribution in [3.05, 3.63) is 94.1 Å². The van der Waals surface area contributed by atoms with E-state index in [0.717, 1.165) is 27.9 Å². The second kappa shape index (κ2) is 9.71. The Bertz CT molecular complexity index is 1320. The van der Waals surface area contributed by atoms with Crippen molar-refractivity contribution in [2.45, 2.75) is 17.6 Å². The third kappa shape index (κ3) is 5.66. The highest BCUT2D eigenvalue weighted by Crippen LogP contribution is 2.33. The van der Waals surface area contributed by atoms with E-state index in [9.17, 15) is 18.0 Å². The lowest BCUT2D eigenvalue weighted by Crippen LogP contribution is -2.13. The zero-order valence-corrected chi connectivity index (χ0v) is 19.3. The van der Waals surface area contributed by atoms with Gasteiger partial charge in [-0.3, -0.25) is 4.79 Å². The van der Waals surface area contributed by atoms with Gasteiger partial charge in [0, 0.05) is 34.2 Å². The van der Waals surface area contributed by atoms with Crippen LogP contribution >= 0.6 is 35.0 Å². The van der Waals surface area contributed by atoms with Crippen LogP contribution < -0.4 is 5.32 Å². The maximum Gasteiger partial charge on any atom is 0.416 e. The number of hydrogen-bond donors (Lipinski definition) is 1. The summed E-state index contributed by atoms with van der Waals surface area (Å²) in [6, 6.07) is 17.7. The summed E-state index contributed by atoms with van der Waals surface area (Å²) < 4.78 is 41.1. The molecule has 0 atom stereocenters. The Morgan fingerprint density at radius 3 is 2.52 bits per heavy atom. The predicted molar refractivity (Wildman–Crippen MR) is 128 cm³/mol. The minimum atomic E-state index is -4.39. The van der Waals surface area contributed by atoms with Crippen LogP contribution in [0.3, 0.4) is 0 Å². The normalized spacial score (nSPS) is 11.7. The van der Waals surface area contributed by atoms with Gasteiger partial charge in [0.15, 0.2) is 0 Å². The summed E-state index contributed by atoms with van der Waals surface area (Å²) in [5.74, 6) is -0.0641. The van der Waals surface area contributed by atoms with Crippen molar-refractivity contribution >= 4 is 57.5 Å². The molecule has 1 N–H and O–H groups in total. The Morgan fingerprint density at radius 1 is 0.970 bits per heavy atom. The molecule has 3 nitrogen and oxygen atoms in total. The maximum atomic E-state index is 13.1. The second-order valence-corrected chi connectivity index (χ2v) is 9.13. The molecule has 4 aromatic rings. The highest BCUT2D eigenvalue weighted by molar-refractivity contribution is 8.00. The number of carbonyl (C=O) groups excluding carboxylic acids is 1. The SMILES string of the molecule is O=C(CSc1cn(Cc2cccc(C(F)(F)F)c2)c2ccccc12)Nc1ccc(Cl)c(Cl)c1. The van der Waals surface area contributed by atoms with Crippen molar-refractivity contribution in [1.82, 2.24) is 4.57 Å². The topological polar surface area (TPSA) is 34.0 Å². The molecule has 0 unspecified atom stereocenters. The summed E-state index contributed by atoms with van der Waals surface area (Å²) in [5, 5.41) is 4.45. The highest BCUT2D eigenvalue weighted by atomic mass is 35.5. The lowest BCUT2D eigenvalue weighted by Gasteiger charge is -2.10. The molecule has 3 aromatic carbocycles. The van der Waals surface area contributed by atoms with Gasteiger partial charge in [-0.05, 0) is 42.0 Å². The first kappa shape index (κ1) is 23.5. The minimum absolute atomic E-state index is 0.151. The molecule has 0 bridgehead atoms. The lowest BCUT2D eigenvalue weighted by atomic mass is 10.1. The molecular weight excluding hydrogens is 492 g/mol. The maximum absolute atomic E-state index is 13.1. The Hall–Kier alpha value is -2.61. The molecule has 0 saturated carbocycles. The molecule has 0 spiro atoms. The third-order valence-corrected chi connectivity index (χ3v) is 6.70. The Kier molecular flexibility index (Phi) is 6.93. The fourth-order valence-corrected chi connectivity index (χ4v) is 4.60. The Balaban J connectivity index is 1.51. The van der Waals surface area contributed by atoms with Crippen molar-refractivity contribution < 1.29 is 18.0 Å². The zero-order chi connectivity index (χ0) is 23.6. The second-order valence-electron chi connectivity index (χ2n) is 7.30. The van der Waals surface area contributed by atoms with Crippen LogP contribution in [0.4, 0.5) is 18.9 Å². The fraction of sp³-hybridized carbons (Fsp3) is 0.125. The first-order valence-corrected chi connectivity index (χ1v) is 11.6. The van der Waals surface area contributed by atoms with Crippen molar-refractivity contribution in [3.63, 3.8) is 0 Å². The summed E-state index contributed by atoms with van der Waals surface area (Å²) in [6.45, 7) is 0.278. The van der Waals surface area contributed by atoms with Crippen LogP contribution in [0.5, 0.6) is 0 Å². The van der Waals surface area contributed by atoms with Crippen LogP contribution in [0.15, 0.2) is 77.8 Å². The number of alkyl halides is 3. The van der Waals surface area contributed by atoms with Crippen LogP contribution in [0.2, 0.25) is 10.0 Å². The van der Waals surface area contributed by atoms with E-state index in [2.05, 4.69) is 5.32 Å². The Morgan fingerprint density at radius 2 is 1.76 bits per heavy atom. The summed E-state index contributed by atoms with van der Waals surface area (Å²) in [5.41, 5.74) is 1.29. The molecule has 0 radical (unpaired) electrons. The molecular formula is C24H17Cl2F3N2OS. The van der Waals surface area contributed by atoms with Crippen LogP contribution in [0, 0.1) is 0 Å². The molecule has 1 amide bonds. The molecule has 0 fully saturated rings. The van der Waals surface area contributed by atoms with Gasteiger partial charge in [0.05, 0.1) is 21.4 Å². The number of halogens is 5. The zero-order valence-electron chi connectivity index (χ0n) is 17.0. The minimum Gasteiger partial charge on any atom is -0.342 e. The molecule has 170 valence electrons. The van der Waals surface area contributed by atoms with Crippen LogP contribution in [0.1, 0.15) is 11.1 Å².